The van der Waals surface area contributed by atoms with Crippen molar-refractivity contribution in [1.82, 2.24) is 9.47 Å². The molecule has 0 spiro atoms. The number of thioether (sulfide) groups is 1. The lowest BCUT2D eigenvalue weighted by Gasteiger charge is -2.35. The zero-order chi connectivity index (χ0) is 21.5. The number of carbonyl (C=O) groups is 2. The van der Waals surface area contributed by atoms with Gasteiger partial charge >= 0.3 is 0 Å². The van der Waals surface area contributed by atoms with E-state index < -0.39 is 0 Å². The number of aryl methyl sites for hydroxylation is 1. The van der Waals surface area contributed by atoms with Gasteiger partial charge in [0.2, 0.25) is 5.91 Å². The molecule has 1 fully saturated rings. The molecule has 1 aromatic heterocycles. The zero-order valence-corrected chi connectivity index (χ0v) is 19.7. The minimum atomic E-state index is -0.197. The van der Waals surface area contributed by atoms with Crippen molar-refractivity contribution in [1.29, 1.82) is 0 Å². The second kappa shape index (κ2) is 11.0. The van der Waals surface area contributed by atoms with Crippen LogP contribution in [0, 0.1) is 0 Å². The molecule has 0 bridgehead atoms. The Morgan fingerprint density at radius 1 is 1.23 bits per heavy atom. The maximum atomic E-state index is 12.6. The van der Waals surface area contributed by atoms with Crippen molar-refractivity contribution in [3.8, 4) is 5.75 Å². The summed E-state index contributed by atoms with van der Waals surface area (Å²) in [5.74, 6) is 1.34. The van der Waals surface area contributed by atoms with E-state index in [9.17, 15) is 9.59 Å². The molecule has 30 heavy (non-hydrogen) atoms. The van der Waals surface area contributed by atoms with Crippen LogP contribution in [0.4, 0.5) is 0 Å². The first kappa shape index (κ1) is 22.9. The SMILES string of the molecule is CCOc1ccc2c(c1)sc(=NC(=O)CSCC(=O)N1CCCCC1CC)n2CC. The van der Waals surface area contributed by atoms with Gasteiger partial charge in [0.25, 0.3) is 5.91 Å². The van der Waals surface area contributed by atoms with Crippen LogP contribution in [-0.2, 0) is 16.1 Å². The average Bonchev–Trinajstić information content (AvgIpc) is 3.09. The number of amides is 2. The molecule has 2 amide bonds. The maximum absolute atomic E-state index is 12.6. The number of benzene rings is 1. The van der Waals surface area contributed by atoms with Crippen LogP contribution in [0.2, 0.25) is 0 Å². The third-order valence-corrected chi connectivity index (χ3v) is 7.31. The molecule has 6 nitrogen and oxygen atoms in total. The Morgan fingerprint density at radius 3 is 2.80 bits per heavy atom. The van der Waals surface area contributed by atoms with E-state index in [-0.39, 0.29) is 17.6 Å². The van der Waals surface area contributed by atoms with Crippen molar-refractivity contribution >= 4 is 45.1 Å². The van der Waals surface area contributed by atoms with E-state index in [0.717, 1.165) is 48.3 Å². The maximum Gasteiger partial charge on any atom is 0.258 e. The van der Waals surface area contributed by atoms with Crippen molar-refractivity contribution in [3.05, 3.63) is 23.0 Å². The topological polar surface area (TPSA) is 63.9 Å². The summed E-state index contributed by atoms with van der Waals surface area (Å²) in [6.07, 6.45) is 4.37. The Balaban J connectivity index is 1.64. The average molecular weight is 450 g/mol. The zero-order valence-electron chi connectivity index (χ0n) is 18.1. The van der Waals surface area contributed by atoms with Gasteiger partial charge < -0.3 is 14.2 Å². The van der Waals surface area contributed by atoms with E-state index in [1.807, 2.05) is 41.5 Å². The predicted octanol–water partition coefficient (Wildman–Crippen LogP) is 4.07. The lowest BCUT2D eigenvalue weighted by molar-refractivity contribution is -0.132. The molecule has 1 aromatic carbocycles. The van der Waals surface area contributed by atoms with Gasteiger partial charge in [-0.2, -0.15) is 4.99 Å². The Bertz CT molecular complexity index is 951. The van der Waals surface area contributed by atoms with Crippen LogP contribution in [-0.4, -0.2) is 52.0 Å². The highest BCUT2D eigenvalue weighted by Crippen LogP contribution is 2.24. The molecule has 0 radical (unpaired) electrons. The monoisotopic (exact) mass is 449 g/mol. The van der Waals surface area contributed by atoms with Gasteiger partial charge in [-0.25, -0.2) is 0 Å². The van der Waals surface area contributed by atoms with E-state index in [1.54, 1.807) is 0 Å². The number of hydrogen-bond donors (Lipinski definition) is 0. The molecule has 2 aromatic rings. The number of rotatable bonds is 8. The number of piperidine rings is 1. The normalized spacial score (nSPS) is 17.5. The molecule has 164 valence electrons. The molecule has 8 heteroatoms. The number of ether oxygens (including phenoxy) is 1. The summed E-state index contributed by atoms with van der Waals surface area (Å²) in [6.45, 7) is 8.34. The highest BCUT2D eigenvalue weighted by atomic mass is 32.2. The first-order chi connectivity index (χ1) is 14.6. The molecule has 3 rings (SSSR count). The largest absolute Gasteiger partial charge is 0.494 e. The summed E-state index contributed by atoms with van der Waals surface area (Å²) >= 11 is 2.86. The minimum absolute atomic E-state index is 0.147. The van der Waals surface area contributed by atoms with Crippen molar-refractivity contribution < 1.29 is 14.3 Å². The van der Waals surface area contributed by atoms with Gasteiger partial charge in [-0.05, 0) is 57.7 Å². The van der Waals surface area contributed by atoms with Gasteiger partial charge in [-0.15, -0.1) is 11.8 Å². The third-order valence-electron chi connectivity index (χ3n) is 5.37. The van der Waals surface area contributed by atoms with Crippen LogP contribution in [0.3, 0.4) is 0 Å². The van der Waals surface area contributed by atoms with Gasteiger partial charge in [0.05, 0.1) is 28.3 Å². The van der Waals surface area contributed by atoms with Gasteiger partial charge in [-0.1, -0.05) is 18.3 Å². The highest BCUT2D eigenvalue weighted by molar-refractivity contribution is 8.00. The Labute approximate surface area is 186 Å². The second-order valence-electron chi connectivity index (χ2n) is 7.33. The molecule has 0 saturated carbocycles. The van der Waals surface area contributed by atoms with E-state index in [4.69, 9.17) is 4.74 Å². The second-order valence-corrected chi connectivity index (χ2v) is 9.33. The molecule has 1 aliphatic heterocycles. The van der Waals surface area contributed by atoms with Crippen LogP contribution in [0.15, 0.2) is 23.2 Å². The molecular weight excluding hydrogens is 418 g/mol. The fourth-order valence-electron chi connectivity index (χ4n) is 3.90. The first-order valence-corrected chi connectivity index (χ1v) is 12.7. The van der Waals surface area contributed by atoms with Crippen molar-refractivity contribution in [2.24, 2.45) is 4.99 Å². The number of fused-ring (bicyclic) bond motifs is 1. The molecule has 1 atom stereocenters. The van der Waals surface area contributed by atoms with Crippen LogP contribution >= 0.6 is 23.1 Å². The number of nitrogens with zero attached hydrogens (tertiary/aromatic N) is 3. The molecule has 0 aliphatic carbocycles. The molecule has 2 heterocycles. The lowest BCUT2D eigenvalue weighted by atomic mass is 10.0. The predicted molar refractivity (Wildman–Crippen MR) is 124 cm³/mol. The quantitative estimate of drug-likeness (QED) is 0.609. The fourth-order valence-corrected chi connectivity index (χ4v) is 5.72. The summed E-state index contributed by atoms with van der Waals surface area (Å²) in [7, 11) is 0. The molecule has 1 unspecified atom stereocenters. The van der Waals surface area contributed by atoms with Crippen LogP contribution in [0.1, 0.15) is 46.5 Å². The first-order valence-electron chi connectivity index (χ1n) is 10.8. The number of thiazole rings is 1. The van der Waals surface area contributed by atoms with E-state index in [0.29, 0.717) is 23.2 Å². The van der Waals surface area contributed by atoms with Gasteiger partial charge in [0.15, 0.2) is 4.80 Å². The lowest BCUT2D eigenvalue weighted by Crippen LogP contribution is -2.44. The summed E-state index contributed by atoms with van der Waals surface area (Å²) in [5, 5.41) is 0. The summed E-state index contributed by atoms with van der Waals surface area (Å²) < 4.78 is 8.67. The van der Waals surface area contributed by atoms with Crippen LogP contribution < -0.4 is 9.54 Å². The number of aromatic nitrogens is 1. The van der Waals surface area contributed by atoms with Gasteiger partial charge in [0.1, 0.15) is 5.75 Å². The molecule has 1 aliphatic rings. The third kappa shape index (κ3) is 5.46. The Hall–Kier alpha value is -1.80. The van der Waals surface area contributed by atoms with Crippen molar-refractivity contribution in [2.75, 3.05) is 24.7 Å². The Morgan fingerprint density at radius 2 is 2.07 bits per heavy atom. The smallest absolute Gasteiger partial charge is 0.258 e. The molecule has 1 saturated heterocycles. The molecule has 0 N–H and O–H groups in total. The standard InChI is InChI=1S/C22H31N3O3S2/c1-4-16-9-7-8-12-25(16)21(27)15-29-14-20(26)23-22-24(5-2)18-11-10-17(28-6-3)13-19(18)30-22/h10-11,13,16H,4-9,12,14-15H2,1-3H3. The minimum Gasteiger partial charge on any atom is -0.494 e. The highest BCUT2D eigenvalue weighted by Gasteiger charge is 2.25. The molecular formula is C22H31N3O3S2. The van der Waals surface area contributed by atoms with E-state index in [1.165, 1.54) is 29.5 Å². The number of likely N-dealkylation sites (tertiary alicyclic amines) is 1. The van der Waals surface area contributed by atoms with E-state index >= 15 is 0 Å². The summed E-state index contributed by atoms with van der Waals surface area (Å²) in [5.41, 5.74) is 1.05. The van der Waals surface area contributed by atoms with Crippen molar-refractivity contribution in [3.63, 3.8) is 0 Å². The Kier molecular flexibility index (Phi) is 8.39. The van der Waals surface area contributed by atoms with Crippen LogP contribution in [0.5, 0.6) is 5.75 Å². The van der Waals surface area contributed by atoms with Crippen LogP contribution in [0.25, 0.3) is 10.2 Å². The summed E-state index contributed by atoms with van der Waals surface area (Å²) in [4.78, 5) is 32.1. The number of carbonyl (C=O) groups excluding carboxylic acids is 2. The summed E-state index contributed by atoms with van der Waals surface area (Å²) in [6, 6.07) is 6.31. The van der Waals surface area contributed by atoms with Crippen molar-refractivity contribution in [2.45, 2.75) is 59.0 Å². The van der Waals surface area contributed by atoms with E-state index in [2.05, 4.69) is 11.9 Å². The fraction of sp³-hybridized carbons (Fsp3) is 0.591. The van der Waals surface area contributed by atoms with Gasteiger partial charge in [0, 0.05) is 19.1 Å². The number of hydrogen-bond acceptors (Lipinski definition) is 5. The van der Waals surface area contributed by atoms with Gasteiger partial charge in [-0.3, -0.25) is 9.59 Å².